The lowest BCUT2D eigenvalue weighted by Crippen LogP contribution is -2.42. The topological polar surface area (TPSA) is 57.4 Å². The predicted molar refractivity (Wildman–Crippen MR) is 63.6 cm³/mol. The van der Waals surface area contributed by atoms with E-state index in [2.05, 4.69) is 10.4 Å². The Morgan fingerprint density at radius 1 is 1.56 bits per heavy atom. The number of hydrogen-bond donors (Lipinski definition) is 1. The van der Waals surface area contributed by atoms with Crippen LogP contribution in [-0.4, -0.2) is 31.9 Å². The number of aromatic nitrogens is 1. The van der Waals surface area contributed by atoms with Gasteiger partial charge in [0.25, 0.3) is 0 Å². The van der Waals surface area contributed by atoms with Crippen LogP contribution < -0.4 is 5.73 Å². The van der Waals surface area contributed by atoms with Gasteiger partial charge in [0, 0.05) is 32.1 Å². The molecule has 2 heterocycles. The van der Waals surface area contributed by atoms with Gasteiger partial charge in [-0.05, 0) is 12.8 Å². The van der Waals surface area contributed by atoms with Crippen molar-refractivity contribution in [3.05, 3.63) is 16.1 Å². The monoisotopic (exact) mass is 242 g/mol. The number of ether oxygens (including phenoxy) is 2. The predicted octanol–water partition coefficient (Wildman–Crippen LogP) is 1.30. The zero-order valence-electron chi connectivity index (χ0n) is 9.57. The van der Waals surface area contributed by atoms with Crippen LogP contribution in [0.3, 0.4) is 0 Å². The molecule has 1 fully saturated rings. The van der Waals surface area contributed by atoms with Crippen LogP contribution >= 0.6 is 11.3 Å². The maximum absolute atomic E-state index is 6.36. The fourth-order valence-corrected chi connectivity index (χ4v) is 2.72. The van der Waals surface area contributed by atoms with E-state index in [-0.39, 0.29) is 5.54 Å². The minimum absolute atomic E-state index is 0.278. The number of nitrogens with zero attached hydrogens (tertiary/aromatic N) is 1. The molecule has 90 valence electrons. The van der Waals surface area contributed by atoms with Crippen molar-refractivity contribution >= 4 is 11.3 Å². The molecule has 1 saturated heterocycles. The summed E-state index contributed by atoms with van der Waals surface area (Å²) in [7, 11) is 1.71. The standard InChI is InChI=1S/C11H18N2O2S/c1-14-5-2-10-13-9(8-16-10)11(12)3-6-15-7-4-11/h8H,2-7,12H2,1H3. The van der Waals surface area contributed by atoms with Gasteiger partial charge in [-0.2, -0.15) is 0 Å². The molecule has 0 bridgehead atoms. The Morgan fingerprint density at radius 3 is 3.00 bits per heavy atom. The van der Waals surface area contributed by atoms with Crippen molar-refractivity contribution in [2.75, 3.05) is 26.9 Å². The first-order valence-electron chi connectivity index (χ1n) is 5.55. The summed E-state index contributed by atoms with van der Waals surface area (Å²) < 4.78 is 10.4. The first kappa shape index (κ1) is 12.0. The lowest BCUT2D eigenvalue weighted by Gasteiger charge is -2.31. The van der Waals surface area contributed by atoms with Crippen LogP contribution in [-0.2, 0) is 21.4 Å². The quantitative estimate of drug-likeness (QED) is 0.864. The van der Waals surface area contributed by atoms with E-state index in [1.807, 2.05) is 0 Å². The van der Waals surface area contributed by atoms with Gasteiger partial charge in [0.1, 0.15) is 0 Å². The Morgan fingerprint density at radius 2 is 2.31 bits per heavy atom. The van der Waals surface area contributed by atoms with Crippen LogP contribution in [0.4, 0.5) is 0 Å². The van der Waals surface area contributed by atoms with E-state index in [4.69, 9.17) is 15.2 Å². The molecule has 0 unspecified atom stereocenters. The Balaban J connectivity index is 2.05. The van der Waals surface area contributed by atoms with E-state index in [1.54, 1.807) is 18.4 Å². The lowest BCUT2D eigenvalue weighted by atomic mass is 9.88. The van der Waals surface area contributed by atoms with Crippen LogP contribution in [0.15, 0.2) is 5.38 Å². The number of hydrogen-bond acceptors (Lipinski definition) is 5. The molecule has 4 nitrogen and oxygen atoms in total. The van der Waals surface area contributed by atoms with Crippen LogP contribution in [0, 0.1) is 0 Å². The van der Waals surface area contributed by atoms with E-state index in [1.165, 1.54) is 0 Å². The molecule has 0 aliphatic carbocycles. The molecule has 0 saturated carbocycles. The Kier molecular flexibility index (Phi) is 3.91. The number of nitrogens with two attached hydrogens (primary N) is 1. The SMILES string of the molecule is COCCc1nc(C2(N)CCOCC2)cs1. The molecular weight excluding hydrogens is 224 g/mol. The van der Waals surface area contributed by atoms with Gasteiger partial charge in [0.2, 0.25) is 0 Å². The van der Waals surface area contributed by atoms with Gasteiger partial charge in [0.05, 0.1) is 22.8 Å². The molecule has 2 N–H and O–H groups in total. The summed E-state index contributed by atoms with van der Waals surface area (Å²) in [4.78, 5) is 4.60. The van der Waals surface area contributed by atoms with Crippen molar-refractivity contribution in [2.45, 2.75) is 24.8 Å². The average Bonchev–Trinajstić information content (AvgIpc) is 2.77. The largest absolute Gasteiger partial charge is 0.384 e. The van der Waals surface area contributed by atoms with Crippen molar-refractivity contribution in [3.8, 4) is 0 Å². The number of methoxy groups -OCH3 is 1. The highest BCUT2D eigenvalue weighted by atomic mass is 32.1. The highest BCUT2D eigenvalue weighted by Gasteiger charge is 2.32. The van der Waals surface area contributed by atoms with Crippen LogP contribution in [0.2, 0.25) is 0 Å². The van der Waals surface area contributed by atoms with E-state index >= 15 is 0 Å². The molecule has 0 aromatic carbocycles. The summed E-state index contributed by atoms with van der Waals surface area (Å²) in [6.07, 6.45) is 2.59. The summed E-state index contributed by atoms with van der Waals surface area (Å²) in [5.41, 5.74) is 7.10. The zero-order chi connectivity index (χ0) is 11.4. The second-order valence-corrected chi connectivity index (χ2v) is 5.08. The van der Waals surface area contributed by atoms with Crippen molar-refractivity contribution in [3.63, 3.8) is 0 Å². The van der Waals surface area contributed by atoms with Crippen LogP contribution in [0.1, 0.15) is 23.5 Å². The average molecular weight is 242 g/mol. The fourth-order valence-electron chi connectivity index (χ4n) is 1.84. The van der Waals surface area contributed by atoms with Gasteiger partial charge in [-0.3, -0.25) is 0 Å². The molecule has 0 amide bonds. The molecule has 1 aliphatic heterocycles. The molecule has 1 aromatic rings. The summed E-state index contributed by atoms with van der Waals surface area (Å²) in [6.45, 7) is 2.19. The van der Waals surface area contributed by atoms with E-state index in [0.717, 1.165) is 43.2 Å². The molecule has 0 atom stereocenters. The highest BCUT2D eigenvalue weighted by Crippen LogP contribution is 2.30. The summed E-state index contributed by atoms with van der Waals surface area (Å²) >= 11 is 1.67. The zero-order valence-corrected chi connectivity index (χ0v) is 10.4. The number of rotatable bonds is 4. The molecular formula is C11H18N2O2S. The van der Waals surface area contributed by atoms with Crippen molar-refractivity contribution in [1.29, 1.82) is 0 Å². The fraction of sp³-hybridized carbons (Fsp3) is 0.727. The van der Waals surface area contributed by atoms with Gasteiger partial charge >= 0.3 is 0 Å². The normalized spacial score (nSPS) is 19.9. The van der Waals surface area contributed by atoms with Gasteiger partial charge in [-0.1, -0.05) is 0 Å². The van der Waals surface area contributed by atoms with Crippen molar-refractivity contribution in [2.24, 2.45) is 5.73 Å². The Labute approximate surface area is 99.8 Å². The third-order valence-corrected chi connectivity index (χ3v) is 3.88. The van der Waals surface area contributed by atoms with Gasteiger partial charge in [0.15, 0.2) is 0 Å². The van der Waals surface area contributed by atoms with E-state index in [9.17, 15) is 0 Å². The van der Waals surface area contributed by atoms with E-state index < -0.39 is 0 Å². The second kappa shape index (κ2) is 5.23. The molecule has 0 radical (unpaired) electrons. The maximum Gasteiger partial charge on any atom is 0.0952 e. The minimum atomic E-state index is -0.278. The third kappa shape index (κ3) is 2.60. The second-order valence-electron chi connectivity index (χ2n) is 4.14. The van der Waals surface area contributed by atoms with Crippen molar-refractivity contribution in [1.82, 2.24) is 4.98 Å². The number of thiazole rings is 1. The smallest absolute Gasteiger partial charge is 0.0952 e. The van der Waals surface area contributed by atoms with Gasteiger partial charge in [-0.25, -0.2) is 4.98 Å². The molecule has 1 aromatic heterocycles. The highest BCUT2D eigenvalue weighted by molar-refractivity contribution is 7.09. The molecule has 0 spiro atoms. The van der Waals surface area contributed by atoms with Crippen LogP contribution in [0.25, 0.3) is 0 Å². The molecule has 16 heavy (non-hydrogen) atoms. The Bertz CT molecular complexity index is 334. The first-order chi connectivity index (χ1) is 7.74. The molecule has 1 aliphatic rings. The summed E-state index contributed by atoms with van der Waals surface area (Å²) in [6, 6.07) is 0. The maximum atomic E-state index is 6.36. The molecule has 2 rings (SSSR count). The third-order valence-electron chi connectivity index (χ3n) is 2.97. The summed E-state index contributed by atoms with van der Waals surface area (Å²) in [5.74, 6) is 0. The lowest BCUT2D eigenvalue weighted by molar-refractivity contribution is 0.0509. The molecule has 5 heteroatoms. The van der Waals surface area contributed by atoms with Crippen LogP contribution in [0.5, 0.6) is 0 Å². The van der Waals surface area contributed by atoms with Crippen molar-refractivity contribution < 1.29 is 9.47 Å². The summed E-state index contributed by atoms with van der Waals surface area (Å²) in [5, 5.41) is 3.18. The van der Waals surface area contributed by atoms with Gasteiger partial charge in [-0.15, -0.1) is 11.3 Å². The first-order valence-corrected chi connectivity index (χ1v) is 6.43. The Hall–Kier alpha value is -0.490. The van der Waals surface area contributed by atoms with Gasteiger partial charge < -0.3 is 15.2 Å². The minimum Gasteiger partial charge on any atom is -0.384 e. The van der Waals surface area contributed by atoms with E-state index in [0.29, 0.717) is 6.61 Å².